The van der Waals surface area contributed by atoms with Gasteiger partial charge >= 0.3 is 0 Å². The van der Waals surface area contributed by atoms with E-state index in [4.69, 9.17) is 4.74 Å². The van der Waals surface area contributed by atoms with Gasteiger partial charge in [0.05, 0.1) is 18.6 Å². The van der Waals surface area contributed by atoms with Gasteiger partial charge < -0.3 is 14.6 Å². The van der Waals surface area contributed by atoms with E-state index in [1.807, 2.05) is 19.4 Å². The van der Waals surface area contributed by atoms with Gasteiger partial charge in [-0.25, -0.2) is 4.98 Å². The van der Waals surface area contributed by atoms with Gasteiger partial charge in [-0.1, -0.05) is 0 Å². The number of aromatic nitrogens is 2. The van der Waals surface area contributed by atoms with Crippen LogP contribution in [0.2, 0.25) is 0 Å². The first kappa shape index (κ1) is 10.6. The van der Waals surface area contributed by atoms with E-state index in [9.17, 15) is 0 Å². The number of nitrogens with one attached hydrogen (secondary N) is 1. The lowest BCUT2D eigenvalue weighted by molar-refractivity contribution is 0.138. The molecule has 0 aliphatic carbocycles. The number of rotatable bonds is 5. The Balaban J connectivity index is 1.95. The van der Waals surface area contributed by atoms with Crippen molar-refractivity contribution < 1.29 is 4.74 Å². The summed E-state index contributed by atoms with van der Waals surface area (Å²) in [5.41, 5.74) is 1.30. The highest BCUT2D eigenvalue weighted by molar-refractivity contribution is 5.07. The fourth-order valence-electron chi connectivity index (χ4n) is 2.05. The van der Waals surface area contributed by atoms with E-state index in [1.165, 1.54) is 18.5 Å². The van der Waals surface area contributed by atoms with E-state index in [0.717, 1.165) is 26.3 Å². The van der Waals surface area contributed by atoms with Crippen molar-refractivity contribution in [3.05, 3.63) is 18.2 Å². The van der Waals surface area contributed by atoms with Crippen molar-refractivity contribution in [3.8, 4) is 0 Å². The summed E-state index contributed by atoms with van der Waals surface area (Å²) in [7, 11) is 0. The summed E-state index contributed by atoms with van der Waals surface area (Å²) in [5, 5.41) is 3.49. The normalized spacial score (nSPS) is 21.0. The molecule has 1 fully saturated rings. The molecule has 1 aliphatic heterocycles. The Morgan fingerprint density at radius 1 is 1.67 bits per heavy atom. The van der Waals surface area contributed by atoms with Gasteiger partial charge in [0, 0.05) is 25.4 Å². The molecule has 0 saturated carbocycles. The molecule has 1 aromatic heterocycles. The SMILES string of the molecule is CCOCCn1cncc1[C@@H]1CCCN1. The van der Waals surface area contributed by atoms with E-state index in [1.54, 1.807) is 0 Å². The van der Waals surface area contributed by atoms with Crippen LogP contribution in [-0.4, -0.2) is 29.3 Å². The number of ether oxygens (including phenoxy) is 1. The minimum Gasteiger partial charge on any atom is -0.380 e. The molecule has 4 nitrogen and oxygen atoms in total. The van der Waals surface area contributed by atoms with Crippen LogP contribution in [0.1, 0.15) is 31.5 Å². The zero-order chi connectivity index (χ0) is 10.5. The van der Waals surface area contributed by atoms with Crippen molar-refractivity contribution in [2.45, 2.75) is 32.4 Å². The maximum atomic E-state index is 5.36. The Bertz CT molecular complexity index is 292. The van der Waals surface area contributed by atoms with Gasteiger partial charge in [0.15, 0.2) is 0 Å². The highest BCUT2D eigenvalue weighted by Gasteiger charge is 2.19. The molecule has 1 N–H and O–H groups in total. The Morgan fingerprint density at radius 3 is 3.33 bits per heavy atom. The molecule has 0 bridgehead atoms. The molecule has 0 radical (unpaired) electrons. The van der Waals surface area contributed by atoms with Gasteiger partial charge in [-0.3, -0.25) is 0 Å². The minimum atomic E-state index is 0.495. The molecule has 84 valence electrons. The second kappa shape index (κ2) is 5.28. The van der Waals surface area contributed by atoms with Crippen LogP contribution in [0.4, 0.5) is 0 Å². The average Bonchev–Trinajstić information content (AvgIpc) is 2.87. The molecule has 0 unspecified atom stereocenters. The minimum absolute atomic E-state index is 0.495. The van der Waals surface area contributed by atoms with E-state index >= 15 is 0 Å². The summed E-state index contributed by atoms with van der Waals surface area (Å²) in [6.45, 7) is 5.61. The second-order valence-corrected chi connectivity index (χ2v) is 3.86. The Morgan fingerprint density at radius 2 is 2.60 bits per heavy atom. The van der Waals surface area contributed by atoms with Crippen LogP contribution < -0.4 is 5.32 Å². The van der Waals surface area contributed by atoms with Gasteiger partial charge in [-0.05, 0) is 26.3 Å². The highest BCUT2D eigenvalue weighted by atomic mass is 16.5. The Hall–Kier alpha value is -0.870. The van der Waals surface area contributed by atoms with Crippen molar-refractivity contribution in [2.75, 3.05) is 19.8 Å². The van der Waals surface area contributed by atoms with Crippen LogP contribution in [0, 0.1) is 0 Å². The van der Waals surface area contributed by atoms with E-state index in [-0.39, 0.29) is 0 Å². The van der Waals surface area contributed by atoms with Crippen LogP contribution in [0.5, 0.6) is 0 Å². The zero-order valence-electron chi connectivity index (χ0n) is 9.28. The first-order valence-corrected chi connectivity index (χ1v) is 5.73. The summed E-state index contributed by atoms with van der Waals surface area (Å²) >= 11 is 0. The summed E-state index contributed by atoms with van der Waals surface area (Å²) in [5.74, 6) is 0. The van der Waals surface area contributed by atoms with E-state index in [0.29, 0.717) is 6.04 Å². The topological polar surface area (TPSA) is 39.1 Å². The number of nitrogens with zero attached hydrogens (tertiary/aromatic N) is 2. The van der Waals surface area contributed by atoms with Gasteiger partial charge in [0.25, 0.3) is 0 Å². The van der Waals surface area contributed by atoms with E-state index in [2.05, 4.69) is 14.9 Å². The largest absolute Gasteiger partial charge is 0.380 e. The molecule has 1 aromatic rings. The van der Waals surface area contributed by atoms with Crippen LogP contribution in [0.25, 0.3) is 0 Å². The molecule has 1 atom stereocenters. The van der Waals surface area contributed by atoms with E-state index < -0.39 is 0 Å². The first-order valence-electron chi connectivity index (χ1n) is 5.73. The Labute approximate surface area is 90.6 Å². The van der Waals surface area contributed by atoms with Crippen LogP contribution in [-0.2, 0) is 11.3 Å². The van der Waals surface area contributed by atoms with Gasteiger partial charge in [0.2, 0.25) is 0 Å². The molecule has 0 spiro atoms. The summed E-state index contributed by atoms with van der Waals surface area (Å²) in [6, 6.07) is 0.495. The van der Waals surface area contributed by atoms with Gasteiger partial charge in [0.1, 0.15) is 0 Å². The molecule has 0 amide bonds. The van der Waals surface area contributed by atoms with Crippen molar-refractivity contribution in [1.29, 1.82) is 0 Å². The quantitative estimate of drug-likeness (QED) is 0.744. The number of hydrogen-bond donors (Lipinski definition) is 1. The molecular formula is C11H19N3O. The lowest BCUT2D eigenvalue weighted by Gasteiger charge is -2.13. The third-order valence-corrected chi connectivity index (χ3v) is 2.84. The zero-order valence-corrected chi connectivity index (χ0v) is 9.28. The second-order valence-electron chi connectivity index (χ2n) is 3.86. The summed E-state index contributed by atoms with van der Waals surface area (Å²) in [6.07, 6.45) is 6.35. The molecular weight excluding hydrogens is 190 g/mol. The standard InChI is InChI=1S/C11H19N3O/c1-2-15-7-6-14-9-12-8-11(14)10-4-3-5-13-10/h8-10,13H,2-7H2,1H3/t10-/m0/s1. The Kier molecular flexibility index (Phi) is 3.75. The molecule has 1 saturated heterocycles. The van der Waals surface area contributed by atoms with Gasteiger partial charge in [-0.2, -0.15) is 0 Å². The predicted molar refractivity (Wildman–Crippen MR) is 58.7 cm³/mol. The maximum absolute atomic E-state index is 5.36. The van der Waals surface area contributed by atoms with Crippen LogP contribution in [0.15, 0.2) is 12.5 Å². The summed E-state index contributed by atoms with van der Waals surface area (Å²) in [4.78, 5) is 4.21. The van der Waals surface area contributed by atoms with Crippen LogP contribution in [0.3, 0.4) is 0 Å². The predicted octanol–water partition coefficient (Wildman–Crippen LogP) is 1.34. The molecule has 15 heavy (non-hydrogen) atoms. The third kappa shape index (κ3) is 2.58. The average molecular weight is 209 g/mol. The lowest BCUT2D eigenvalue weighted by atomic mass is 10.2. The molecule has 1 aliphatic rings. The molecule has 2 rings (SSSR count). The molecule has 4 heteroatoms. The fraction of sp³-hybridized carbons (Fsp3) is 0.727. The third-order valence-electron chi connectivity index (χ3n) is 2.84. The van der Waals surface area contributed by atoms with Crippen LogP contribution >= 0.6 is 0 Å². The summed E-state index contributed by atoms with van der Waals surface area (Å²) < 4.78 is 7.55. The molecule has 0 aromatic carbocycles. The molecule has 2 heterocycles. The first-order chi connectivity index (χ1) is 7.42. The van der Waals surface area contributed by atoms with Crippen molar-refractivity contribution in [2.24, 2.45) is 0 Å². The fourth-order valence-corrected chi connectivity index (χ4v) is 2.05. The smallest absolute Gasteiger partial charge is 0.0949 e. The van der Waals surface area contributed by atoms with Crippen molar-refractivity contribution in [1.82, 2.24) is 14.9 Å². The van der Waals surface area contributed by atoms with Crippen molar-refractivity contribution in [3.63, 3.8) is 0 Å². The maximum Gasteiger partial charge on any atom is 0.0949 e. The monoisotopic (exact) mass is 209 g/mol. The highest BCUT2D eigenvalue weighted by Crippen LogP contribution is 2.22. The van der Waals surface area contributed by atoms with Gasteiger partial charge in [-0.15, -0.1) is 0 Å². The lowest BCUT2D eigenvalue weighted by Crippen LogP contribution is -2.18. The number of hydrogen-bond acceptors (Lipinski definition) is 3. The number of imidazole rings is 1. The van der Waals surface area contributed by atoms with Crippen molar-refractivity contribution >= 4 is 0 Å².